The van der Waals surface area contributed by atoms with E-state index in [-0.39, 0.29) is 11.7 Å². The minimum Gasteiger partial charge on any atom is -0.387 e. The molecule has 2 aliphatic heterocycles. The van der Waals surface area contributed by atoms with E-state index in [4.69, 9.17) is 22.1 Å². The second kappa shape index (κ2) is 7.92. The van der Waals surface area contributed by atoms with Crippen LogP contribution in [0.3, 0.4) is 0 Å². The highest BCUT2D eigenvalue weighted by Gasteiger charge is 2.59. The molecular weight excluding hydrogens is 395 g/mol. The van der Waals surface area contributed by atoms with Crippen molar-refractivity contribution in [3.8, 4) is 0 Å². The van der Waals surface area contributed by atoms with Crippen molar-refractivity contribution >= 4 is 25.0 Å². The first-order chi connectivity index (χ1) is 12.1. The summed E-state index contributed by atoms with van der Waals surface area (Å²) in [5.41, 5.74) is 3.67. The summed E-state index contributed by atoms with van der Waals surface area (Å²) in [7, 11) is -2.09. The molecule has 0 amide bonds. The molecule has 3 N–H and O–H groups in total. The topological polar surface area (TPSA) is 107 Å². The number of aliphatic hydroxyl groups is 1. The third-order valence-corrected chi connectivity index (χ3v) is 6.64. The number of halogens is 3. The van der Waals surface area contributed by atoms with Crippen molar-refractivity contribution in [2.24, 2.45) is 10.7 Å². The molecular formula is C14H21ClF2N3O5P. The minimum absolute atomic E-state index is 0.0754. The van der Waals surface area contributed by atoms with Gasteiger partial charge in [-0.05, 0) is 6.08 Å². The summed E-state index contributed by atoms with van der Waals surface area (Å²) in [6.45, 7) is 3.64. The molecule has 12 heteroatoms. The number of aliphatic hydroxyl groups excluding tert-OH is 1. The van der Waals surface area contributed by atoms with Crippen molar-refractivity contribution in [3.05, 3.63) is 24.7 Å². The molecule has 5 atom stereocenters. The molecule has 1 unspecified atom stereocenters. The standard InChI is InChI=1S/C14H21ClF2N3O5P/c1-8-19-10(18)4-5-20(8)13-11(17)12(21)14(7-15,25-13)6-9(16)26(22,23-2)24-3/h4-5,9,11-13,21H,1,6-7H2,2-3H3,(H2,18,19)/t9?,11-,12+,13-,14+/m1/s1. The summed E-state index contributed by atoms with van der Waals surface area (Å²) in [4.78, 5) is 5.09. The molecule has 0 spiro atoms. The quantitative estimate of drug-likeness (QED) is 0.482. The molecule has 0 radical (unpaired) electrons. The Kier molecular flexibility index (Phi) is 6.48. The molecule has 2 rings (SSSR count). The van der Waals surface area contributed by atoms with Crippen LogP contribution in [0.25, 0.3) is 0 Å². The lowest BCUT2D eigenvalue weighted by Crippen LogP contribution is -2.46. The summed E-state index contributed by atoms with van der Waals surface area (Å²) in [6, 6.07) is 0. The van der Waals surface area contributed by atoms with Gasteiger partial charge < -0.3 is 29.5 Å². The SMILES string of the molecule is C=C1N=C(N)C=CN1[C@@H]1O[C@](CCl)(CC(F)P(=O)(OC)OC)[C@@H](O)[C@H]1F. The van der Waals surface area contributed by atoms with Crippen molar-refractivity contribution in [1.82, 2.24) is 4.90 Å². The molecule has 0 aromatic carbocycles. The number of nitrogens with zero attached hydrogens (tertiary/aromatic N) is 2. The monoisotopic (exact) mass is 415 g/mol. The molecule has 2 aliphatic rings. The van der Waals surface area contributed by atoms with E-state index in [0.717, 1.165) is 14.2 Å². The van der Waals surface area contributed by atoms with Crippen molar-refractivity contribution in [2.45, 2.75) is 36.4 Å². The van der Waals surface area contributed by atoms with Crippen LogP contribution in [0, 0.1) is 0 Å². The van der Waals surface area contributed by atoms with Gasteiger partial charge in [0.2, 0.25) is 5.91 Å². The fraction of sp³-hybridized carbons (Fsp3) is 0.643. The van der Waals surface area contributed by atoms with Crippen molar-refractivity contribution in [2.75, 3.05) is 20.1 Å². The molecule has 0 bridgehead atoms. The van der Waals surface area contributed by atoms with Crippen LogP contribution in [0.2, 0.25) is 0 Å². The Morgan fingerprint density at radius 2 is 2.23 bits per heavy atom. The fourth-order valence-electron chi connectivity index (χ4n) is 2.78. The molecule has 0 aliphatic carbocycles. The number of ether oxygens (including phenoxy) is 1. The predicted octanol–water partition coefficient (Wildman–Crippen LogP) is 1.85. The van der Waals surface area contributed by atoms with Crippen LogP contribution in [0.4, 0.5) is 8.78 Å². The highest BCUT2D eigenvalue weighted by atomic mass is 35.5. The van der Waals surface area contributed by atoms with E-state index in [2.05, 4.69) is 20.6 Å². The number of alkyl halides is 3. The molecule has 0 aromatic heterocycles. The van der Waals surface area contributed by atoms with Crippen LogP contribution < -0.4 is 5.73 Å². The normalized spacial score (nSPS) is 33.5. The van der Waals surface area contributed by atoms with E-state index in [1.165, 1.54) is 17.2 Å². The summed E-state index contributed by atoms with van der Waals surface area (Å²) in [5, 5.41) is 10.3. The number of hydrogen-bond donors (Lipinski definition) is 2. The predicted molar refractivity (Wildman–Crippen MR) is 92.1 cm³/mol. The van der Waals surface area contributed by atoms with Gasteiger partial charge in [-0.25, -0.2) is 13.8 Å². The van der Waals surface area contributed by atoms with Crippen molar-refractivity contribution in [1.29, 1.82) is 0 Å². The van der Waals surface area contributed by atoms with E-state index in [0.29, 0.717) is 0 Å². The fourth-order valence-corrected chi connectivity index (χ4v) is 4.25. The Balaban J connectivity index is 2.26. The highest BCUT2D eigenvalue weighted by Crippen LogP contribution is 2.56. The van der Waals surface area contributed by atoms with Gasteiger partial charge in [0, 0.05) is 26.8 Å². The molecule has 1 saturated heterocycles. The zero-order chi connectivity index (χ0) is 19.7. The van der Waals surface area contributed by atoms with Crippen LogP contribution in [-0.2, 0) is 18.3 Å². The number of rotatable bonds is 7. The Bertz CT molecular complexity index is 658. The Hall–Kier alpha value is -1.03. The van der Waals surface area contributed by atoms with E-state index >= 15 is 0 Å². The highest BCUT2D eigenvalue weighted by molar-refractivity contribution is 7.54. The maximum Gasteiger partial charge on any atom is 0.364 e. The van der Waals surface area contributed by atoms with Crippen LogP contribution in [0.15, 0.2) is 29.7 Å². The number of nitrogens with two attached hydrogens (primary N) is 1. The van der Waals surface area contributed by atoms with E-state index < -0.39 is 49.9 Å². The third kappa shape index (κ3) is 3.67. The second-order valence-electron chi connectivity index (χ2n) is 5.82. The second-order valence-corrected chi connectivity index (χ2v) is 8.45. The lowest BCUT2D eigenvalue weighted by Gasteiger charge is -2.34. The average molecular weight is 416 g/mol. The molecule has 148 valence electrons. The molecule has 2 heterocycles. The van der Waals surface area contributed by atoms with Crippen LogP contribution >= 0.6 is 19.2 Å². The maximum absolute atomic E-state index is 14.7. The van der Waals surface area contributed by atoms with Crippen LogP contribution in [0.1, 0.15) is 6.42 Å². The Morgan fingerprint density at radius 3 is 2.73 bits per heavy atom. The zero-order valence-electron chi connectivity index (χ0n) is 14.2. The Labute approximate surface area is 154 Å². The van der Waals surface area contributed by atoms with E-state index in [9.17, 15) is 18.5 Å². The summed E-state index contributed by atoms with van der Waals surface area (Å²) < 4.78 is 56.3. The molecule has 0 aromatic rings. The van der Waals surface area contributed by atoms with Gasteiger partial charge >= 0.3 is 7.60 Å². The molecule has 26 heavy (non-hydrogen) atoms. The van der Waals surface area contributed by atoms with Crippen LogP contribution in [0.5, 0.6) is 0 Å². The summed E-state index contributed by atoms with van der Waals surface area (Å²) >= 11 is 5.87. The van der Waals surface area contributed by atoms with Crippen molar-refractivity contribution < 1.29 is 32.2 Å². The van der Waals surface area contributed by atoms with Gasteiger partial charge in [-0.15, -0.1) is 11.6 Å². The van der Waals surface area contributed by atoms with Gasteiger partial charge in [0.15, 0.2) is 12.4 Å². The maximum atomic E-state index is 14.7. The van der Waals surface area contributed by atoms with E-state index in [1.807, 2.05) is 0 Å². The van der Waals surface area contributed by atoms with Gasteiger partial charge in [0.05, 0.1) is 5.88 Å². The summed E-state index contributed by atoms with van der Waals surface area (Å²) in [5.74, 6) is -2.42. The largest absolute Gasteiger partial charge is 0.387 e. The third-order valence-electron chi connectivity index (χ3n) is 4.30. The first-order valence-electron chi connectivity index (χ1n) is 7.55. The first kappa shape index (κ1) is 21.3. The number of hydrogen-bond acceptors (Lipinski definition) is 8. The van der Waals surface area contributed by atoms with Crippen molar-refractivity contribution in [3.63, 3.8) is 0 Å². The summed E-state index contributed by atoms with van der Waals surface area (Å²) in [6.07, 6.45) is -3.08. The number of aliphatic imine (C=N–C) groups is 1. The lowest BCUT2D eigenvalue weighted by molar-refractivity contribution is -0.108. The van der Waals surface area contributed by atoms with Gasteiger partial charge in [-0.1, -0.05) is 6.58 Å². The molecule has 0 saturated carbocycles. The number of amidine groups is 1. The van der Waals surface area contributed by atoms with Gasteiger partial charge in [0.25, 0.3) is 0 Å². The average Bonchev–Trinajstić information content (AvgIpc) is 2.86. The smallest absolute Gasteiger partial charge is 0.364 e. The minimum atomic E-state index is -4.12. The van der Waals surface area contributed by atoms with Gasteiger partial charge in [-0.3, -0.25) is 4.57 Å². The Morgan fingerprint density at radius 1 is 1.62 bits per heavy atom. The lowest BCUT2D eigenvalue weighted by atomic mass is 9.94. The van der Waals surface area contributed by atoms with Crippen LogP contribution in [-0.4, -0.2) is 66.0 Å². The molecule has 8 nitrogen and oxygen atoms in total. The molecule has 1 fully saturated rings. The van der Waals surface area contributed by atoms with Gasteiger partial charge in [-0.2, -0.15) is 0 Å². The first-order valence-corrected chi connectivity index (χ1v) is 9.69. The zero-order valence-corrected chi connectivity index (χ0v) is 15.9. The van der Waals surface area contributed by atoms with Gasteiger partial charge in [0.1, 0.15) is 23.4 Å². The van der Waals surface area contributed by atoms with E-state index in [1.54, 1.807) is 0 Å².